The molecule has 0 saturated heterocycles. The van der Waals surface area contributed by atoms with Crippen LogP contribution < -0.4 is 0 Å². The predicted molar refractivity (Wildman–Crippen MR) is 53.1 cm³/mol. The monoisotopic (exact) mass is 218 g/mol. The van der Waals surface area contributed by atoms with Crippen LogP contribution in [0.1, 0.15) is 15.2 Å². The van der Waals surface area contributed by atoms with E-state index in [9.17, 15) is 13.2 Å². The van der Waals surface area contributed by atoms with Crippen LogP contribution in [0, 0.1) is 6.92 Å². The van der Waals surface area contributed by atoms with E-state index in [0.29, 0.717) is 5.56 Å². The molecule has 1 aromatic heterocycles. The minimum Gasteiger partial charge on any atom is -0.293 e. The Labute approximate surface area is 81.3 Å². The van der Waals surface area contributed by atoms with E-state index < -0.39 is 15.6 Å². The summed E-state index contributed by atoms with van der Waals surface area (Å²) in [6, 6.07) is 1.66. The van der Waals surface area contributed by atoms with Crippen LogP contribution in [-0.4, -0.2) is 26.2 Å². The molecule has 13 heavy (non-hydrogen) atoms. The molecular weight excluding hydrogens is 208 g/mol. The summed E-state index contributed by atoms with van der Waals surface area (Å²) in [4.78, 5) is 12.2. The normalized spacial score (nSPS) is 11.5. The number of sulfone groups is 1. The maximum Gasteiger partial charge on any atom is 0.178 e. The zero-order valence-electron chi connectivity index (χ0n) is 7.40. The van der Waals surface area contributed by atoms with E-state index >= 15 is 0 Å². The smallest absolute Gasteiger partial charge is 0.178 e. The number of carbonyl (C=O) groups excluding carboxylic acids is 1. The molecule has 0 fully saturated rings. The molecule has 5 heteroatoms. The Bertz CT molecular complexity index is 414. The Morgan fingerprint density at radius 3 is 2.54 bits per heavy atom. The van der Waals surface area contributed by atoms with Crippen molar-refractivity contribution in [2.24, 2.45) is 0 Å². The largest absolute Gasteiger partial charge is 0.293 e. The summed E-state index contributed by atoms with van der Waals surface area (Å²) >= 11 is 1.44. The fourth-order valence-electron chi connectivity index (χ4n) is 0.990. The van der Waals surface area contributed by atoms with Gasteiger partial charge in [0.05, 0.1) is 0 Å². The summed E-state index contributed by atoms with van der Waals surface area (Å²) in [6.07, 6.45) is 1.06. The van der Waals surface area contributed by atoms with Crippen molar-refractivity contribution in [2.45, 2.75) is 6.92 Å². The highest BCUT2D eigenvalue weighted by molar-refractivity contribution is 7.91. The zero-order chi connectivity index (χ0) is 10.1. The molecule has 0 aliphatic rings. The van der Waals surface area contributed by atoms with E-state index in [-0.39, 0.29) is 5.78 Å². The molecule has 0 aliphatic carbocycles. The van der Waals surface area contributed by atoms with E-state index in [1.54, 1.807) is 18.4 Å². The topological polar surface area (TPSA) is 51.2 Å². The van der Waals surface area contributed by atoms with E-state index in [0.717, 1.165) is 11.1 Å². The molecular formula is C8H10O3S2. The Balaban J connectivity index is 2.88. The quantitative estimate of drug-likeness (QED) is 0.718. The van der Waals surface area contributed by atoms with Gasteiger partial charge in [0.1, 0.15) is 5.75 Å². The molecule has 0 N–H and O–H groups in total. The third-order valence-electron chi connectivity index (χ3n) is 1.55. The van der Waals surface area contributed by atoms with Gasteiger partial charge in [0.2, 0.25) is 0 Å². The van der Waals surface area contributed by atoms with E-state index in [4.69, 9.17) is 0 Å². The first kappa shape index (κ1) is 10.4. The van der Waals surface area contributed by atoms with Crippen molar-refractivity contribution in [1.82, 2.24) is 0 Å². The average Bonchev–Trinajstić information content (AvgIpc) is 2.30. The number of hydrogen-bond donors (Lipinski definition) is 0. The van der Waals surface area contributed by atoms with E-state index in [2.05, 4.69) is 0 Å². The molecule has 0 radical (unpaired) electrons. The first-order chi connectivity index (χ1) is 5.90. The first-order valence-electron chi connectivity index (χ1n) is 3.65. The predicted octanol–water partition coefficient (Wildman–Crippen LogP) is 1.28. The molecule has 3 nitrogen and oxygen atoms in total. The van der Waals surface area contributed by atoms with Gasteiger partial charge in [-0.25, -0.2) is 8.42 Å². The molecule has 0 aliphatic heterocycles. The second-order valence-electron chi connectivity index (χ2n) is 2.88. The number of ketones is 1. The Hall–Kier alpha value is -0.680. The number of thiophene rings is 1. The SMILES string of the molecule is Cc1sccc1C(=O)CS(C)(=O)=O. The van der Waals surface area contributed by atoms with Gasteiger partial charge >= 0.3 is 0 Å². The van der Waals surface area contributed by atoms with Gasteiger partial charge in [-0.1, -0.05) is 0 Å². The second-order valence-corrected chi connectivity index (χ2v) is 6.14. The van der Waals surface area contributed by atoms with Gasteiger partial charge < -0.3 is 0 Å². The van der Waals surface area contributed by atoms with E-state index in [1.807, 2.05) is 0 Å². The van der Waals surface area contributed by atoms with Crippen LogP contribution >= 0.6 is 11.3 Å². The Morgan fingerprint density at radius 2 is 2.15 bits per heavy atom. The minimum atomic E-state index is -3.21. The highest BCUT2D eigenvalue weighted by atomic mass is 32.2. The molecule has 0 bridgehead atoms. The molecule has 0 aromatic carbocycles. The summed E-state index contributed by atoms with van der Waals surface area (Å²) < 4.78 is 21.7. The number of hydrogen-bond acceptors (Lipinski definition) is 4. The zero-order valence-corrected chi connectivity index (χ0v) is 9.04. The second kappa shape index (κ2) is 3.59. The van der Waals surface area contributed by atoms with Crippen molar-refractivity contribution in [3.8, 4) is 0 Å². The maximum absolute atomic E-state index is 11.4. The molecule has 72 valence electrons. The highest BCUT2D eigenvalue weighted by Gasteiger charge is 2.15. The third-order valence-corrected chi connectivity index (χ3v) is 3.18. The van der Waals surface area contributed by atoms with Gasteiger partial charge in [0, 0.05) is 16.7 Å². The summed E-state index contributed by atoms with van der Waals surface area (Å²) in [5.41, 5.74) is 0.524. The standard InChI is InChI=1S/C8H10O3S2/c1-6-7(3-4-12-6)8(9)5-13(2,10)11/h3-4H,5H2,1-2H3. The van der Waals surface area contributed by atoms with Crippen LogP contribution in [0.2, 0.25) is 0 Å². The van der Waals surface area contributed by atoms with E-state index in [1.165, 1.54) is 11.3 Å². The molecule has 1 rings (SSSR count). The molecule has 0 unspecified atom stereocenters. The van der Waals surface area contributed by atoms with Gasteiger partial charge in [-0.15, -0.1) is 11.3 Å². The number of Topliss-reactive ketones (excluding diaryl/α,β-unsaturated/α-hetero) is 1. The van der Waals surface area contributed by atoms with Crippen LogP contribution in [-0.2, 0) is 9.84 Å². The summed E-state index contributed by atoms with van der Waals surface area (Å²) in [6.45, 7) is 1.81. The number of aryl methyl sites for hydroxylation is 1. The van der Waals surface area contributed by atoms with Gasteiger partial charge in [-0.05, 0) is 18.4 Å². The van der Waals surface area contributed by atoms with Crippen molar-refractivity contribution in [1.29, 1.82) is 0 Å². The lowest BCUT2D eigenvalue weighted by Gasteiger charge is -1.97. The first-order valence-corrected chi connectivity index (χ1v) is 6.59. The van der Waals surface area contributed by atoms with Crippen LogP contribution in [0.3, 0.4) is 0 Å². The molecule has 1 heterocycles. The van der Waals surface area contributed by atoms with Crippen LogP contribution in [0.4, 0.5) is 0 Å². The summed E-state index contributed by atoms with van der Waals surface area (Å²) in [5, 5.41) is 1.78. The van der Waals surface area contributed by atoms with Gasteiger partial charge in [-0.3, -0.25) is 4.79 Å². The molecule has 0 amide bonds. The van der Waals surface area contributed by atoms with Crippen LogP contribution in [0.25, 0.3) is 0 Å². The Kier molecular flexibility index (Phi) is 2.87. The van der Waals surface area contributed by atoms with Crippen molar-refractivity contribution in [2.75, 3.05) is 12.0 Å². The minimum absolute atomic E-state index is 0.318. The highest BCUT2D eigenvalue weighted by Crippen LogP contribution is 2.15. The number of rotatable bonds is 3. The van der Waals surface area contributed by atoms with Crippen LogP contribution in [0.15, 0.2) is 11.4 Å². The fraction of sp³-hybridized carbons (Fsp3) is 0.375. The molecule has 0 saturated carbocycles. The lowest BCUT2D eigenvalue weighted by Crippen LogP contribution is -2.14. The molecule has 0 spiro atoms. The van der Waals surface area contributed by atoms with Gasteiger partial charge in [-0.2, -0.15) is 0 Å². The third kappa shape index (κ3) is 2.93. The number of carbonyl (C=O) groups is 1. The lowest BCUT2D eigenvalue weighted by atomic mass is 10.2. The van der Waals surface area contributed by atoms with Crippen molar-refractivity contribution >= 4 is 27.0 Å². The van der Waals surface area contributed by atoms with Crippen molar-refractivity contribution < 1.29 is 13.2 Å². The summed E-state index contributed by atoms with van der Waals surface area (Å²) in [5.74, 6) is -0.717. The van der Waals surface area contributed by atoms with Gasteiger partial charge in [0.15, 0.2) is 15.6 Å². The molecule has 1 aromatic rings. The lowest BCUT2D eigenvalue weighted by molar-refractivity contribution is 0.102. The fourth-order valence-corrected chi connectivity index (χ4v) is 2.34. The Morgan fingerprint density at radius 1 is 1.54 bits per heavy atom. The molecule has 0 atom stereocenters. The summed E-state index contributed by atoms with van der Waals surface area (Å²) in [7, 11) is -3.21. The van der Waals surface area contributed by atoms with Crippen LogP contribution in [0.5, 0.6) is 0 Å². The van der Waals surface area contributed by atoms with Crippen molar-refractivity contribution in [3.63, 3.8) is 0 Å². The average molecular weight is 218 g/mol. The maximum atomic E-state index is 11.4. The van der Waals surface area contributed by atoms with Crippen molar-refractivity contribution in [3.05, 3.63) is 21.9 Å². The van der Waals surface area contributed by atoms with Gasteiger partial charge in [0.25, 0.3) is 0 Å².